The molecule has 10 aromatic carbocycles. The second-order valence-electron chi connectivity index (χ2n) is 21.2. The van der Waals surface area contributed by atoms with Crippen LogP contribution in [0.4, 0.5) is 45.5 Å². The van der Waals surface area contributed by atoms with E-state index < -0.39 is 0 Å². The van der Waals surface area contributed by atoms with Gasteiger partial charge in [-0.3, -0.25) is 0 Å². The SMILES string of the molecule is Cc1cc2c3c(c1)N1c4c(cccc4C4(C)CCCCC14C)B3c1ccc(N(c3cccc(-c4ccc(-c5ccccc5)c5ccccc45)c3)c3cccc4c3oc3ccccc34)cc1N2c1ccccc1. The van der Waals surface area contributed by atoms with E-state index in [1.54, 1.807) is 0 Å². The van der Waals surface area contributed by atoms with Gasteiger partial charge in [-0.2, -0.15) is 0 Å². The summed E-state index contributed by atoms with van der Waals surface area (Å²) in [6, 6.07) is 78.8. The van der Waals surface area contributed by atoms with Crippen LogP contribution in [0.1, 0.15) is 50.7 Å². The average Bonchev–Trinajstić information content (AvgIpc) is 3.92. The van der Waals surface area contributed by atoms with E-state index in [0.29, 0.717) is 0 Å². The highest BCUT2D eigenvalue weighted by Gasteiger charge is 2.61. The van der Waals surface area contributed by atoms with Crippen molar-refractivity contribution in [3.8, 4) is 22.3 Å². The minimum absolute atomic E-state index is 0.0269. The molecule has 0 radical (unpaired) electrons. The summed E-state index contributed by atoms with van der Waals surface area (Å²) in [5, 5.41) is 4.67. The zero-order chi connectivity index (χ0) is 47.9. The van der Waals surface area contributed by atoms with Gasteiger partial charge < -0.3 is 19.1 Å². The monoisotopic (exact) mass is 925 g/mol. The summed E-state index contributed by atoms with van der Waals surface area (Å²) in [5.41, 5.74) is 23.0. The van der Waals surface area contributed by atoms with E-state index in [-0.39, 0.29) is 17.7 Å². The number of hydrogen-bond acceptors (Lipinski definition) is 4. The molecule has 0 spiro atoms. The summed E-state index contributed by atoms with van der Waals surface area (Å²) in [4.78, 5) is 7.82. The fourth-order valence-electron chi connectivity index (χ4n) is 14.0. The van der Waals surface area contributed by atoms with Gasteiger partial charge in [0.05, 0.1) is 11.2 Å². The lowest BCUT2D eigenvalue weighted by Gasteiger charge is -2.52. The summed E-state index contributed by atoms with van der Waals surface area (Å²) in [6.45, 7) is 7.48. The second-order valence-corrected chi connectivity index (χ2v) is 21.2. The van der Waals surface area contributed by atoms with E-state index >= 15 is 0 Å². The second kappa shape index (κ2) is 15.4. The molecule has 1 fully saturated rings. The number of para-hydroxylation sites is 4. The predicted octanol–water partition coefficient (Wildman–Crippen LogP) is 16.2. The van der Waals surface area contributed by atoms with E-state index in [2.05, 4.69) is 248 Å². The molecule has 72 heavy (non-hydrogen) atoms. The molecule has 1 saturated carbocycles. The van der Waals surface area contributed by atoms with Gasteiger partial charge in [-0.1, -0.05) is 171 Å². The summed E-state index contributed by atoms with van der Waals surface area (Å²) in [7, 11) is 0. The first-order valence-corrected chi connectivity index (χ1v) is 25.8. The van der Waals surface area contributed by atoms with E-state index in [4.69, 9.17) is 4.42 Å². The topological polar surface area (TPSA) is 22.9 Å². The third kappa shape index (κ3) is 5.71. The van der Waals surface area contributed by atoms with E-state index in [1.165, 1.54) is 103 Å². The summed E-state index contributed by atoms with van der Waals surface area (Å²) < 4.78 is 6.92. The quantitative estimate of drug-likeness (QED) is 0.155. The Morgan fingerprint density at radius 2 is 1.17 bits per heavy atom. The largest absolute Gasteiger partial charge is 0.454 e. The van der Waals surface area contributed by atoms with E-state index in [9.17, 15) is 0 Å². The predicted molar refractivity (Wildman–Crippen MR) is 304 cm³/mol. The molecular weight excluding hydrogens is 874 g/mol. The van der Waals surface area contributed by atoms with Gasteiger partial charge in [0.2, 0.25) is 0 Å². The van der Waals surface area contributed by atoms with Crippen LogP contribution in [0, 0.1) is 6.92 Å². The lowest BCUT2D eigenvalue weighted by atomic mass is 9.33. The van der Waals surface area contributed by atoms with Crippen LogP contribution in [0.5, 0.6) is 0 Å². The Hall–Kier alpha value is -8.28. The van der Waals surface area contributed by atoms with Crippen LogP contribution >= 0.6 is 0 Å². The maximum absolute atomic E-state index is 6.92. The highest BCUT2D eigenvalue weighted by atomic mass is 16.3. The molecule has 11 aromatic rings. The lowest BCUT2D eigenvalue weighted by Crippen LogP contribution is -2.64. The van der Waals surface area contributed by atoms with Gasteiger partial charge in [-0.05, 0) is 148 Å². The van der Waals surface area contributed by atoms with Crippen molar-refractivity contribution in [2.24, 2.45) is 0 Å². The number of hydrogen-bond donors (Lipinski definition) is 0. The van der Waals surface area contributed by atoms with Crippen molar-refractivity contribution in [1.82, 2.24) is 0 Å². The minimum Gasteiger partial charge on any atom is -0.454 e. The van der Waals surface area contributed by atoms with Crippen LogP contribution in [0.3, 0.4) is 0 Å². The smallest absolute Gasteiger partial charge is 0.252 e. The fraction of sp³-hybridized carbons (Fsp3) is 0.134. The number of rotatable bonds is 6. The van der Waals surface area contributed by atoms with E-state index in [1.807, 2.05) is 0 Å². The van der Waals surface area contributed by atoms with Crippen LogP contribution in [-0.4, -0.2) is 12.3 Å². The summed E-state index contributed by atoms with van der Waals surface area (Å²) in [6.07, 6.45) is 4.90. The molecule has 0 saturated heterocycles. The molecule has 4 aliphatic rings. The molecular formula is C67H52BN3O. The normalized spacial score (nSPS) is 18.3. The lowest BCUT2D eigenvalue weighted by molar-refractivity contribution is 0.195. The van der Waals surface area contributed by atoms with Crippen LogP contribution in [0.15, 0.2) is 217 Å². The molecule has 0 amide bonds. The highest BCUT2D eigenvalue weighted by molar-refractivity contribution is 7.00. The van der Waals surface area contributed by atoms with Gasteiger partial charge in [0, 0.05) is 56.0 Å². The standard InChI is InChI=1S/C67H52BN3O/c1-43-39-60-63-61(40-43)71-64-55(66(2)37-14-15-38-67(66,71)3)29-18-30-57(64)68(63)56-36-33-48(42-59(56)70(60)46-22-8-5-9-23-46)69(58-31-17-28-54-53-27-12-13-32-62(53)72-65(54)58)47-24-16-21-45(41-47)50-35-34-49(44-19-6-4-7-20-44)51-25-10-11-26-52(50)51/h4-13,16-36,39-42H,14-15,37-38H2,1-3H3. The molecule has 5 heteroatoms. The molecule has 2 atom stereocenters. The number of nitrogens with zero attached hydrogens (tertiary/aromatic N) is 3. The molecule has 344 valence electrons. The third-order valence-electron chi connectivity index (χ3n) is 17.4. The zero-order valence-electron chi connectivity index (χ0n) is 40.9. The molecule has 4 heterocycles. The van der Waals surface area contributed by atoms with Crippen molar-refractivity contribution >= 4 is 101 Å². The molecule has 15 rings (SSSR count). The van der Waals surface area contributed by atoms with Gasteiger partial charge in [0.1, 0.15) is 5.58 Å². The average molecular weight is 926 g/mol. The Bertz CT molecular complexity index is 4030. The number of aryl methyl sites for hydroxylation is 1. The number of anilines is 8. The molecule has 2 unspecified atom stereocenters. The maximum Gasteiger partial charge on any atom is 0.252 e. The molecule has 1 aliphatic carbocycles. The van der Waals surface area contributed by atoms with Crippen molar-refractivity contribution in [2.45, 2.75) is 57.4 Å². The van der Waals surface area contributed by atoms with Crippen LogP contribution in [0.25, 0.3) is 55.0 Å². The third-order valence-corrected chi connectivity index (χ3v) is 17.4. The van der Waals surface area contributed by atoms with Crippen molar-refractivity contribution < 1.29 is 4.42 Å². The van der Waals surface area contributed by atoms with Gasteiger partial charge >= 0.3 is 0 Å². The van der Waals surface area contributed by atoms with Crippen LogP contribution < -0.4 is 31.1 Å². The minimum atomic E-state index is -0.0269. The maximum atomic E-state index is 6.92. The first-order chi connectivity index (χ1) is 35.4. The Kier molecular flexibility index (Phi) is 8.86. The van der Waals surface area contributed by atoms with Gasteiger partial charge in [-0.15, -0.1) is 0 Å². The number of furan rings is 1. The fourth-order valence-corrected chi connectivity index (χ4v) is 14.0. The Morgan fingerprint density at radius 1 is 0.514 bits per heavy atom. The van der Waals surface area contributed by atoms with Gasteiger partial charge in [-0.25, -0.2) is 0 Å². The molecule has 3 aliphatic heterocycles. The van der Waals surface area contributed by atoms with Crippen molar-refractivity contribution in [2.75, 3.05) is 14.7 Å². The summed E-state index contributed by atoms with van der Waals surface area (Å²) in [5.74, 6) is 0. The number of fused-ring (bicyclic) bond motifs is 11. The molecule has 0 N–H and O–H groups in total. The van der Waals surface area contributed by atoms with Crippen molar-refractivity contribution in [3.63, 3.8) is 0 Å². The first kappa shape index (κ1) is 41.5. The Balaban J connectivity index is 0.975. The zero-order valence-corrected chi connectivity index (χ0v) is 40.9. The Labute approximate surface area is 421 Å². The van der Waals surface area contributed by atoms with E-state index in [0.717, 1.165) is 50.3 Å². The van der Waals surface area contributed by atoms with Crippen LogP contribution in [0.2, 0.25) is 0 Å². The molecule has 4 nitrogen and oxygen atoms in total. The molecule has 1 aromatic heterocycles. The first-order valence-electron chi connectivity index (χ1n) is 25.8. The highest BCUT2D eigenvalue weighted by Crippen LogP contribution is 2.62. The van der Waals surface area contributed by atoms with Gasteiger partial charge in [0.25, 0.3) is 6.71 Å². The number of benzene rings is 10. The van der Waals surface area contributed by atoms with Crippen molar-refractivity contribution in [3.05, 3.63) is 223 Å². The summed E-state index contributed by atoms with van der Waals surface area (Å²) >= 11 is 0. The molecule has 0 bridgehead atoms. The van der Waals surface area contributed by atoms with Gasteiger partial charge in [0.15, 0.2) is 5.58 Å². The van der Waals surface area contributed by atoms with Crippen molar-refractivity contribution in [1.29, 1.82) is 0 Å². The Morgan fingerprint density at radius 3 is 1.99 bits per heavy atom. The van der Waals surface area contributed by atoms with Crippen LogP contribution in [-0.2, 0) is 5.41 Å².